The molecule has 0 aromatic carbocycles. The van der Waals surface area contributed by atoms with Crippen molar-refractivity contribution in [2.45, 2.75) is 43.8 Å². The molecule has 2 aliphatic heterocycles. The Morgan fingerprint density at radius 2 is 2.05 bits per heavy atom. The van der Waals surface area contributed by atoms with Crippen LogP contribution in [0, 0.1) is 5.41 Å². The number of Topliss-reactive ketones (excluding diaryl/α,β-unsaturated/α-hetero) is 1. The van der Waals surface area contributed by atoms with Gasteiger partial charge in [0.05, 0.1) is 11.4 Å². The monoisotopic (exact) mass is 389 g/mol. The van der Waals surface area contributed by atoms with E-state index in [1.54, 1.807) is 27.7 Å². The predicted molar refractivity (Wildman–Crippen MR) is 88.1 cm³/mol. The zero-order valence-electron chi connectivity index (χ0n) is 13.1. The molecule has 0 unspecified atom stereocenters. The molecule has 2 aliphatic rings. The van der Waals surface area contributed by atoms with Crippen molar-refractivity contribution in [3.8, 4) is 0 Å². The number of sulfone groups is 1. The lowest BCUT2D eigenvalue weighted by atomic mass is 9.84. The van der Waals surface area contributed by atoms with E-state index in [0.29, 0.717) is 5.57 Å². The van der Waals surface area contributed by atoms with Crippen LogP contribution in [0.15, 0.2) is 23.9 Å². The standard InChI is InChI=1S/C15H20BrNO4S/c1-6-7-15(16)12(19)17-10(11(18)14(3,4)5)9(2)8-22(20,21)13(15)17/h6,13H,1,7-8H2,2-5H3/t13-,15+/m0/s1. The highest BCUT2D eigenvalue weighted by Gasteiger charge is 2.67. The van der Waals surface area contributed by atoms with Crippen molar-refractivity contribution in [3.05, 3.63) is 23.9 Å². The predicted octanol–water partition coefficient (Wildman–Crippen LogP) is 2.18. The van der Waals surface area contributed by atoms with Crippen LogP contribution in [0.2, 0.25) is 0 Å². The van der Waals surface area contributed by atoms with Gasteiger partial charge in [-0.3, -0.25) is 14.5 Å². The van der Waals surface area contributed by atoms with E-state index in [1.807, 2.05) is 0 Å². The van der Waals surface area contributed by atoms with Gasteiger partial charge in [0, 0.05) is 5.41 Å². The third-order valence-corrected chi connectivity index (χ3v) is 7.47. The van der Waals surface area contributed by atoms with Crippen LogP contribution in [0.1, 0.15) is 34.1 Å². The van der Waals surface area contributed by atoms with Crippen molar-refractivity contribution in [2.24, 2.45) is 5.41 Å². The number of β-lactam (4-membered cyclic amide) rings is 1. The van der Waals surface area contributed by atoms with Crippen molar-refractivity contribution in [3.63, 3.8) is 0 Å². The van der Waals surface area contributed by atoms with Gasteiger partial charge in [-0.2, -0.15) is 0 Å². The maximum absolute atomic E-state index is 12.7. The van der Waals surface area contributed by atoms with E-state index < -0.39 is 30.9 Å². The molecule has 0 bridgehead atoms. The molecule has 1 amide bonds. The Kier molecular flexibility index (Phi) is 3.98. The van der Waals surface area contributed by atoms with Crippen LogP contribution in [-0.2, 0) is 19.4 Å². The van der Waals surface area contributed by atoms with Crippen LogP contribution < -0.4 is 0 Å². The smallest absolute Gasteiger partial charge is 0.248 e. The summed E-state index contributed by atoms with van der Waals surface area (Å²) in [6.45, 7) is 10.4. The number of ketones is 1. The average molecular weight is 390 g/mol. The number of rotatable bonds is 3. The Bertz CT molecular complexity index is 702. The molecule has 2 rings (SSSR count). The third-order valence-electron chi connectivity index (χ3n) is 3.94. The van der Waals surface area contributed by atoms with E-state index in [2.05, 4.69) is 22.5 Å². The number of nitrogens with zero attached hydrogens (tertiary/aromatic N) is 1. The molecule has 0 saturated carbocycles. The molecule has 122 valence electrons. The molecule has 1 fully saturated rings. The van der Waals surface area contributed by atoms with Gasteiger partial charge in [0.1, 0.15) is 4.32 Å². The Morgan fingerprint density at radius 1 is 1.50 bits per heavy atom. The van der Waals surface area contributed by atoms with Crippen LogP contribution >= 0.6 is 15.9 Å². The van der Waals surface area contributed by atoms with Gasteiger partial charge in [0.25, 0.3) is 0 Å². The fourth-order valence-electron chi connectivity index (χ4n) is 2.93. The van der Waals surface area contributed by atoms with Crippen LogP contribution in [0.4, 0.5) is 0 Å². The van der Waals surface area contributed by atoms with Gasteiger partial charge in [0.15, 0.2) is 21.0 Å². The lowest BCUT2D eigenvalue weighted by molar-refractivity contribution is -0.146. The molecule has 2 heterocycles. The molecule has 0 radical (unpaired) electrons. The molecule has 2 atom stereocenters. The average Bonchev–Trinajstić information content (AvgIpc) is 2.34. The van der Waals surface area contributed by atoms with Gasteiger partial charge in [0.2, 0.25) is 5.91 Å². The lowest BCUT2D eigenvalue weighted by Gasteiger charge is -2.55. The maximum Gasteiger partial charge on any atom is 0.248 e. The molecule has 1 saturated heterocycles. The second kappa shape index (κ2) is 5.03. The fourth-order valence-corrected chi connectivity index (χ4v) is 6.59. The Balaban J connectivity index is 2.59. The minimum absolute atomic E-state index is 0.197. The van der Waals surface area contributed by atoms with E-state index in [0.717, 1.165) is 4.90 Å². The first-order valence-corrected chi connectivity index (χ1v) is 9.48. The summed E-state index contributed by atoms with van der Waals surface area (Å²) in [5, 5.41) is -1.05. The minimum Gasteiger partial charge on any atom is -0.292 e. The molecule has 0 N–H and O–H groups in total. The van der Waals surface area contributed by atoms with E-state index in [9.17, 15) is 18.0 Å². The molecular weight excluding hydrogens is 370 g/mol. The molecule has 0 aliphatic carbocycles. The maximum atomic E-state index is 12.7. The third kappa shape index (κ3) is 2.29. The zero-order valence-corrected chi connectivity index (χ0v) is 15.5. The summed E-state index contributed by atoms with van der Waals surface area (Å²) in [6, 6.07) is 0. The number of hydrogen-bond donors (Lipinski definition) is 0. The summed E-state index contributed by atoms with van der Waals surface area (Å²) >= 11 is 3.28. The van der Waals surface area contributed by atoms with Crippen LogP contribution in [0.25, 0.3) is 0 Å². The first kappa shape index (κ1) is 17.4. The largest absolute Gasteiger partial charge is 0.292 e. The van der Waals surface area contributed by atoms with Gasteiger partial charge < -0.3 is 0 Å². The summed E-state index contributed by atoms with van der Waals surface area (Å²) in [4.78, 5) is 26.4. The first-order chi connectivity index (χ1) is 9.88. The molecule has 5 nitrogen and oxygen atoms in total. The number of amides is 1. The van der Waals surface area contributed by atoms with Gasteiger partial charge in [-0.15, -0.1) is 6.58 Å². The molecular formula is C15H20BrNO4S. The number of allylic oxidation sites excluding steroid dienone is 2. The van der Waals surface area contributed by atoms with Gasteiger partial charge in [-0.1, -0.05) is 42.8 Å². The molecule has 0 spiro atoms. The van der Waals surface area contributed by atoms with E-state index in [1.165, 1.54) is 6.08 Å². The van der Waals surface area contributed by atoms with Crippen molar-refractivity contribution in [1.82, 2.24) is 4.90 Å². The summed E-state index contributed by atoms with van der Waals surface area (Å²) in [5.41, 5.74) is -0.0277. The van der Waals surface area contributed by atoms with Crippen molar-refractivity contribution >= 4 is 37.5 Å². The van der Waals surface area contributed by atoms with E-state index >= 15 is 0 Å². The molecule has 7 heteroatoms. The van der Waals surface area contributed by atoms with Crippen molar-refractivity contribution in [1.29, 1.82) is 0 Å². The first-order valence-electron chi connectivity index (χ1n) is 6.97. The van der Waals surface area contributed by atoms with Crippen molar-refractivity contribution < 1.29 is 18.0 Å². The quantitative estimate of drug-likeness (QED) is 0.421. The summed E-state index contributed by atoms with van der Waals surface area (Å²) < 4.78 is 23.8. The number of alkyl halides is 1. The van der Waals surface area contributed by atoms with Gasteiger partial charge in [-0.25, -0.2) is 8.42 Å². The SMILES string of the molecule is C=CC[C@@]1(Br)C(=O)N2C(C(=O)C(C)(C)C)=C(C)CS(=O)(=O)[C@H]21. The Morgan fingerprint density at radius 3 is 2.50 bits per heavy atom. The van der Waals surface area contributed by atoms with Gasteiger partial charge in [-0.05, 0) is 18.9 Å². The zero-order chi connectivity index (χ0) is 17.1. The van der Waals surface area contributed by atoms with Gasteiger partial charge >= 0.3 is 0 Å². The Hall–Kier alpha value is -0.950. The summed E-state index contributed by atoms with van der Waals surface area (Å²) in [6.07, 6.45) is 1.71. The number of carbonyl (C=O) groups is 2. The van der Waals surface area contributed by atoms with Crippen LogP contribution in [0.3, 0.4) is 0 Å². The number of halogens is 1. The minimum atomic E-state index is -3.55. The second-order valence-corrected chi connectivity index (χ2v) is 10.4. The highest BCUT2D eigenvalue weighted by molar-refractivity contribution is 9.10. The number of carbonyl (C=O) groups excluding carboxylic acids is 2. The normalized spacial score (nSPS) is 30.7. The highest BCUT2D eigenvalue weighted by Crippen LogP contribution is 2.50. The van der Waals surface area contributed by atoms with E-state index in [4.69, 9.17) is 0 Å². The number of hydrogen-bond acceptors (Lipinski definition) is 4. The second-order valence-electron chi connectivity index (χ2n) is 6.90. The topological polar surface area (TPSA) is 71.5 Å². The molecule has 0 aromatic heterocycles. The number of fused-ring (bicyclic) bond motifs is 1. The lowest BCUT2D eigenvalue weighted by Crippen LogP contribution is -2.75. The highest BCUT2D eigenvalue weighted by atomic mass is 79.9. The summed E-state index contributed by atoms with van der Waals surface area (Å²) in [5.74, 6) is -0.817. The molecule has 0 aromatic rings. The van der Waals surface area contributed by atoms with Crippen LogP contribution in [0.5, 0.6) is 0 Å². The molecule has 22 heavy (non-hydrogen) atoms. The van der Waals surface area contributed by atoms with E-state index in [-0.39, 0.29) is 23.7 Å². The Labute approximate surface area is 139 Å². The summed E-state index contributed by atoms with van der Waals surface area (Å²) in [7, 11) is -3.55. The van der Waals surface area contributed by atoms with Crippen LogP contribution in [-0.4, -0.2) is 40.5 Å². The van der Waals surface area contributed by atoms with Crippen molar-refractivity contribution in [2.75, 3.05) is 5.75 Å². The fraction of sp³-hybridized carbons (Fsp3) is 0.600.